The first-order valence-corrected chi connectivity index (χ1v) is 9.75. The first-order chi connectivity index (χ1) is 14.4. The van der Waals surface area contributed by atoms with Crippen LogP contribution in [0.25, 0.3) is 10.3 Å². The van der Waals surface area contributed by atoms with Gasteiger partial charge in [0, 0.05) is 51.2 Å². The van der Waals surface area contributed by atoms with Crippen molar-refractivity contribution in [2.24, 2.45) is 24.9 Å². The number of allylic oxidation sites excluding steroid dienone is 2. The van der Waals surface area contributed by atoms with E-state index in [1.807, 2.05) is 0 Å². The van der Waals surface area contributed by atoms with Crippen molar-refractivity contribution >= 4 is 40.4 Å². The van der Waals surface area contributed by atoms with Crippen LogP contribution in [-0.4, -0.2) is 50.1 Å². The predicted octanol–water partition coefficient (Wildman–Crippen LogP) is 1.55. The molecule has 30 heavy (non-hydrogen) atoms. The van der Waals surface area contributed by atoms with Gasteiger partial charge in [0.25, 0.3) is 0 Å². The van der Waals surface area contributed by atoms with Gasteiger partial charge in [-0.2, -0.15) is 15.5 Å². The molecule has 0 aromatic carbocycles. The lowest BCUT2D eigenvalue weighted by Crippen LogP contribution is -2.12. The summed E-state index contributed by atoms with van der Waals surface area (Å²) in [6, 6.07) is 2.12. The quantitative estimate of drug-likeness (QED) is 0.320. The molecular formula is C19H21N9OS. The summed E-state index contributed by atoms with van der Waals surface area (Å²) in [5.74, 6) is 0. The largest absolute Gasteiger partial charge is 0.402 e. The summed E-state index contributed by atoms with van der Waals surface area (Å²) in [6.07, 6.45) is 7.16. The molecule has 0 saturated heterocycles. The SMILES string of the molecule is CN(Cc1nn(C)cc1C#N)/N=C\c1c(C=O)n(C)c2nc(CC(N)=CC=N)sc12. The number of hydrogen-bond donors (Lipinski definition) is 2. The zero-order chi connectivity index (χ0) is 21.8. The van der Waals surface area contributed by atoms with Gasteiger partial charge >= 0.3 is 0 Å². The van der Waals surface area contributed by atoms with Gasteiger partial charge in [0.15, 0.2) is 11.9 Å². The predicted molar refractivity (Wildman–Crippen MR) is 116 cm³/mol. The average Bonchev–Trinajstić information content (AvgIpc) is 3.33. The van der Waals surface area contributed by atoms with Gasteiger partial charge in [-0.25, -0.2) is 4.98 Å². The minimum atomic E-state index is 0.353. The number of aldehydes is 1. The number of aryl methyl sites for hydroxylation is 2. The number of nitriles is 1. The molecule has 3 N–H and O–H groups in total. The molecule has 0 spiro atoms. The van der Waals surface area contributed by atoms with Gasteiger partial charge < -0.3 is 15.7 Å². The third-order valence-electron chi connectivity index (χ3n) is 4.41. The van der Waals surface area contributed by atoms with E-state index in [1.54, 1.807) is 47.8 Å². The van der Waals surface area contributed by atoms with E-state index in [2.05, 4.69) is 21.3 Å². The molecule has 0 saturated carbocycles. The van der Waals surface area contributed by atoms with E-state index in [1.165, 1.54) is 17.4 Å². The van der Waals surface area contributed by atoms with Crippen LogP contribution < -0.4 is 5.73 Å². The molecule has 0 unspecified atom stereocenters. The van der Waals surface area contributed by atoms with E-state index in [0.717, 1.165) is 22.2 Å². The maximum Gasteiger partial charge on any atom is 0.167 e. The van der Waals surface area contributed by atoms with Gasteiger partial charge in [0.05, 0.1) is 28.7 Å². The first kappa shape index (κ1) is 20.9. The van der Waals surface area contributed by atoms with E-state index in [0.29, 0.717) is 46.8 Å². The van der Waals surface area contributed by atoms with Crippen LogP contribution in [0.2, 0.25) is 0 Å². The molecule has 0 radical (unpaired) electrons. The number of nitrogens with zero attached hydrogens (tertiary/aromatic N) is 7. The summed E-state index contributed by atoms with van der Waals surface area (Å²) in [6.45, 7) is 0.353. The Labute approximate surface area is 177 Å². The molecule has 154 valence electrons. The number of thiazole rings is 1. The molecule has 0 aliphatic carbocycles. The molecular weight excluding hydrogens is 402 g/mol. The van der Waals surface area contributed by atoms with E-state index in [4.69, 9.17) is 11.1 Å². The van der Waals surface area contributed by atoms with Crippen LogP contribution in [0.4, 0.5) is 0 Å². The highest BCUT2D eigenvalue weighted by molar-refractivity contribution is 7.19. The molecule has 0 bridgehead atoms. The number of hydrogen-bond acceptors (Lipinski definition) is 9. The Hall–Kier alpha value is -3.78. The van der Waals surface area contributed by atoms with Crippen molar-refractivity contribution in [1.82, 2.24) is 24.3 Å². The standard InChI is InChI=1S/C19H21N9OS/c1-26(10-15-12(7-21)9-27(2)25-15)23-8-14-16(11-29)28(3)19-18(14)30-17(24-19)6-13(22)4-5-20/h4-5,8-9,11,20H,6,10,22H2,1-3H3/b13-4?,20-5?,23-8-. The fraction of sp³-hybridized carbons (Fsp3) is 0.263. The molecule has 0 amide bonds. The third kappa shape index (κ3) is 4.13. The maximum absolute atomic E-state index is 11.7. The van der Waals surface area contributed by atoms with Crippen molar-refractivity contribution in [3.05, 3.63) is 45.5 Å². The highest BCUT2D eigenvalue weighted by atomic mass is 32.1. The van der Waals surface area contributed by atoms with Crippen molar-refractivity contribution in [2.75, 3.05) is 7.05 Å². The Bertz CT molecular complexity index is 1210. The zero-order valence-corrected chi connectivity index (χ0v) is 17.6. The van der Waals surface area contributed by atoms with Gasteiger partial charge in [-0.3, -0.25) is 14.5 Å². The van der Waals surface area contributed by atoms with Gasteiger partial charge in [-0.1, -0.05) is 0 Å². The Morgan fingerprint density at radius 2 is 2.27 bits per heavy atom. The molecule has 0 aliphatic heterocycles. The minimum Gasteiger partial charge on any atom is -0.402 e. The van der Waals surface area contributed by atoms with E-state index in [-0.39, 0.29) is 0 Å². The molecule has 3 rings (SSSR count). The van der Waals surface area contributed by atoms with Gasteiger partial charge in [-0.15, -0.1) is 11.3 Å². The Kier molecular flexibility index (Phi) is 6.08. The zero-order valence-electron chi connectivity index (χ0n) is 16.8. The van der Waals surface area contributed by atoms with E-state index < -0.39 is 0 Å². The van der Waals surface area contributed by atoms with Crippen LogP contribution in [0, 0.1) is 16.7 Å². The molecule has 3 heterocycles. The van der Waals surface area contributed by atoms with Crippen molar-refractivity contribution in [3.63, 3.8) is 0 Å². The molecule has 11 heteroatoms. The van der Waals surface area contributed by atoms with Crippen molar-refractivity contribution < 1.29 is 4.79 Å². The van der Waals surface area contributed by atoms with Crippen LogP contribution in [0.15, 0.2) is 23.1 Å². The van der Waals surface area contributed by atoms with Crippen LogP contribution >= 0.6 is 11.3 Å². The number of nitrogens with two attached hydrogens (primary N) is 1. The van der Waals surface area contributed by atoms with Crippen LogP contribution in [0.3, 0.4) is 0 Å². The Balaban J connectivity index is 1.90. The lowest BCUT2D eigenvalue weighted by atomic mass is 10.2. The second kappa shape index (κ2) is 8.71. The molecule has 10 nitrogen and oxygen atoms in total. The monoisotopic (exact) mass is 423 g/mol. The Morgan fingerprint density at radius 1 is 1.50 bits per heavy atom. The number of nitrogens with one attached hydrogen (secondary N) is 1. The third-order valence-corrected chi connectivity index (χ3v) is 5.48. The summed E-state index contributed by atoms with van der Waals surface area (Å²) in [7, 11) is 5.31. The van der Waals surface area contributed by atoms with Crippen LogP contribution in [0.5, 0.6) is 0 Å². The fourth-order valence-corrected chi connectivity index (χ4v) is 4.16. The van der Waals surface area contributed by atoms with Crippen LogP contribution in [-0.2, 0) is 27.1 Å². The number of hydrazone groups is 1. The highest BCUT2D eigenvalue weighted by Crippen LogP contribution is 2.30. The lowest BCUT2D eigenvalue weighted by molar-refractivity contribution is 0.111. The second-order valence-electron chi connectivity index (χ2n) is 6.66. The topological polar surface area (TPSA) is 142 Å². The van der Waals surface area contributed by atoms with Crippen molar-refractivity contribution in [1.29, 1.82) is 10.7 Å². The number of carbonyl (C=O) groups is 1. The van der Waals surface area contributed by atoms with Crippen LogP contribution in [0.1, 0.15) is 32.3 Å². The van der Waals surface area contributed by atoms with Gasteiger partial charge in [-0.05, 0) is 6.08 Å². The lowest BCUT2D eigenvalue weighted by Gasteiger charge is -2.10. The fourth-order valence-electron chi connectivity index (χ4n) is 3.01. The summed E-state index contributed by atoms with van der Waals surface area (Å²) >= 11 is 1.44. The minimum absolute atomic E-state index is 0.353. The summed E-state index contributed by atoms with van der Waals surface area (Å²) in [5.41, 5.74) is 9.38. The number of carbonyl (C=O) groups excluding carboxylic acids is 1. The number of aromatic nitrogens is 4. The smallest absolute Gasteiger partial charge is 0.167 e. The maximum atomic E-state index is 11.7. The summed E-state index contributed by atoms with van der Waals surface area (Å²) in [5, 5.41) is 27.5. The average molecular weight is 424 g/mol. The number of fused-ring (bicyclic) bond motifs is 1. The first-order valence-electron chi connectivity index (χ1n) is 8.94. The summed E-state index contributed by atoms with van der Waals surface area (Å²) < 4.78 is 4.16. The van der Waals surface area contributed by atoms with E-state index in [9.17, 15) is 10.1 Å². The Morgan fingerprint density at radius 3 is 2.93 bits per heavy atom. The summed E-state index contributed by atoms with van der Waals surface area (Å²) in [4.78, 5) is 16.3. The molecule has 3 aromatic rings. The number of rotatable bonds is 8. The van der Waals surface area contributed by atoms with Crippen molar-refractivity contribution in [2.45, 2.75) is 13.0 Å². The molecule has 3 aromatic heterocycles. The van der Waals surface area contributed by atoms with E-state index >= 15 is 0 Å². The molecule has 0 aliphatic rings. The van der Waals surface area contributed by atoms with Crippen molar-refractivity contribution in [3.8, 4) is 6.07 Å². The highest BCUT2D eigenvalue weighted by Gasteiger charge is 2.18. The van der Waals surface area contributed by atoms with Gasteiger partial charge in [0.2, 0.25) is 0 Å². The normalized spacial score (nSPS) is 11.9. The molecule has 0 atom stereocenters. The second-order valence-corrected chi connectivity index (χ2v) is 7.74. The van der Waals surface area contributed by atoms with Gasteiger partial charge in [0.1, 0.15) is 16.8 Å². The molecule has 0 fully saturated rings.